The molecule has 0 radical (unpaired) electrons. The molecule has 3 aliphatic heterocycles. The van der Waals surface area contributed by atoms with Crippen LogP contribution in [0.25, 0.3) is 0 Å². The van der Waals surface area contributed by atoms with Crippen LogP contribution < -0.4 is 0 Å². The van der Waals surface area contributed by atoms with E-state index in [2.05, 4.69) is 9.80 Å². The maximum absolute atomic E-state index is 6.85. The summed E-state index contributed by atoms with van der Waals surface area (Å²) in [5, 5.41) is 0. The third kappa shape index (κ3) is 7.03. The van der Waals surface area contributed by atoms with Crippen molar-refractivity contribution in [1.29, 1.82) is 0 Å². The van der Waals surface area contributed by atoms with Crippen molar-refractivity contribution in [1.82, 2.24) is 9.80 Å². The fraction of sp³-hybridized carbons (Fsp3) is 1.00. The first-order chi connectivity index (χ1) is 28.2. The van der Waals surface area contributed by atoms with E-state index in [-0.39, 0.29) is 0 Å². The highest BCUT2D eigenvalue weighted by atomic mass is 16.5. The second-order valence-corrected chi connectivity index (χ2v) is 24.5. The van der Waals surface area contributed by atoms with Crippen molar-refractivity contribution in [3.8, 4) is 0 Å². The van der Waals surface area contributed by atoms with E-state index >= 15 is 0 Å². The summed E-state index contributed by atoms with van der Waals surface area (Å²) in [7, 11) is 0. The normalized spacial score (nSPS) is 52.6. The lowest BCUT2D eigenvalue weighted by atomic mass is 9.62. The van der Waals surface area contributed by atoms with Crippen molar-refractivity contribution < 1.29 is 4.74 Å². The topological polar surface area (TPSA) is 15.7 Å². The summed E-state index contributed by atoms with van der Waals surface area (Å²) in [6.45, 7) is 0. The predicted molar refractivity (Wildman–Crippen MR) is 234 cm³/mol. The van der Waals surface area contributed by atoms with Gasteiger partial charge in [-0.05, 0) is 187 Å². The smallest absolute Gasteiger partial charge is 0.0612 e. The molecule has 17 unspecified atom stereocenters. The fourth-order valence-electron chi connectivity index (χ4n) is 20.2. The van der Waals surface area contributed by atoms with Crippen LogP contribution in [-0.4, -0.2) is 58.3 Å². The quantitative estimate of drug-likeness (QED) is 0.276. The minimum absolute atomic E-state index is 0.615. The highest BCUT2D eigenvalue weighted by molar-refractivity contribution is 5.11. The minimum Gasteiger partial charge on any atom is -0.374 e. The molecule has 3 saturated heterocycles. The van der Waals surface area contributed by atoms with Gasteiger partial charge in [-0.15, -0.1) is 0 Å². The third-order valence-corrected chi connectivity index (χ3v) is 22.4. The summed E-state index contributed by atoms with van der Waals surface area (Å²) in [4.78, 5) is 6.82. The van der Waals surface area contributed by atoms with E-state index in [9.17, 15) is 0 Å². The number of rotatable bonds is 5. The second kappa shape index (κ2) is 16.5. The van der Waals surface area contributed by atoms with E-state index < -0.39 is 0 Å². The molecule has 0 bridgehead atoms. The molecular weight excluding hydrogens is 693 g/mol. The monoisotopic (exact) mass is 781 g/mol. The van der Waals surface area contributed by atoms with Crippen LogP contribution in [0.15, 0.2) is 0 Å². The summed E-state index contributed by atoms with van der Waals surface area (Å²) in [6.07, 6.45) is 53.6. The van der Waals surface area contributed by atoms with Gasteiger partial charge in [0.15, 0.2) is 0 Å². The van der Waals surface area contributed by atoms with Crippen LogP contribution in [0.1, 0.15) is 218 Å². The van der Waals surface area contributed by atoms with Gasteiger partial charge in [-0.3, -0.25) is 9.80 Å². The Morgan fingerprint density at radius 1 is 0.246 bits per heavy atom. The number of hydrogen-bond acceptors (Lipinski definition) is 3. The van der Waals surface area contributed by atoms with Gasteiger partial charge in [0.05, 0.1) is 12.2 Å². The molecule has 17 atom stereocenters. The molecule has 3 nitrogen and oxygen atoms in total. The van der Waals surface area contributed by atoms with E-state index in [0.29, 0.717) is 12.2 Å². The van der Waals surface area contributed by atoms with Crippen LogP contribution in [0, 0.1) is 71.0 Å². The van der Waals surface area contributed by atoms with Gasteiger partial charge in [-0.2, -0.15) is 0 Å². The molecule has 9 saturated carbocycles. The molecule has 0 spiro atoms. The van der Waals surface area contributed by atoms with Gasteiger partial charge in [0.1, 0.15) is 0 Å². The lowest BCUT2D eigenvalue weighted by Gasteiger charge is -2.50. The SMILES string of the molecule is C1CCC(C2CC(C3CCCCC3)CC(N3C4CCCCC4C4CC(C5CCC6C7CCCCC7N(C7CCC8OC9CCCCC9C8C7)C6C5)CCC43)C2)CC1. The first-order valence-electron chi connectivity index (χ1n) is 27.5. The van der Waals surface area contributed by atoms with Crippen LogP contribution in [0.3, 0.4) is 0 Å². The number of likely N-dealkylation sites (tertiary alicyclic amines) is 2. The van der Waals surface area contributed by atoms with Gasteiger partial charge in [0.2, 0.25) is 0 Å². The predicted octanol–water partition coefficient (Wildman–Crippen LogP) is 13.4. The van der Waals surface area contributed by atoms with Crippen molar-refractivity contribution >= 4 is 0 Å². The van der Waals surface area contributed by atoms with Gasteiger partial charge in [-0.1, -0.05) is 103 Å². The van der Waals surface area contributed by atoms with E-state index in [1.165, 1.54) is 83.5 Å². The van der Waals surface area contributed by atoms with E-state index in [4.69, 9.17) is 4.74 Å². The Kier molecular flexibility index (Phi) is 11.2. The number of nitrogens with zero attached hydrogens (tertiary/aromatic N) is 2. The van der Waals surface area contributed by atoms with E-state index in [1.54, 1.807) is 135 Å². The van der Waals surface area contributed by atoms with Crippen LogP contribution in [0.2, 0.25) is 0 Å². The average molecular weight is 781 g/mol. The first-order valence-corrected chi connectivity index (χ1v) is 27.5. The third-order valence-electron chi connectivity index (χ3n) is 22.4. The standard InChI is InChI=1S/C54H88N2O/c1-3-13-35(14-4-1)39-29-40(36-15-5-2-6-16-36)31-42(30-39)56-50-21-11-8-18-44(50)47-32-37(24-27-51(47)56)38-23-26-45-43-17-7-10-20-49(43)55(52(45)33-38)41-25-28-54-48(34-41)46-19-9-12-22-53(46)57-54/h35-54H,1-34H2. The summed E-state index contributed by atoms with van der Waals surface area (Å²) < 4.78 is 6.85. The molecule has 12 rings (SSSR count). The Morgan fingerprint density at radius 3 is 1.49 bits per heavy atom. The zero-order valence-electron chi connectivity index (χ0n) is 36.9. The molecule has 3 heteroatoms. The Balaban J connectivity index is 0.767. The minimum atomic E-state index is 0.615. The van der Waals surface area contributed by atoms with Gasteiger partial charge in [0.25, 0.3) is 0 Å². The van der Waals surface area contributed by atoms with Crippen molar-refractivity contribution in [2.45, 2.75) is 267 Å². The fourth-order valence-corrected chi connectivity index (χ4v) is 20.2. The zero-order valence-corrected chi connectivity index (χ0v) is 36.9. The molecule has 12 aliphatic rings. The number of ether oxygens (including phenoxy) is 1. The molecular formula is C54H88N2O. The highest BCUT2D eigenvalue weighted by Crippen LogP contribution is 2.60. The van der Waals surface area contributed by atoms with Gasteiger partial charge in [-0.25, -0.2) is 0 Å². The maximum atomic E-state index is 6.85. The molecule has 12 fully saturated rings. The number of hydrogen-bond donors (Lipinski definition) is 0. The molecule has 0 amide bonds. The van der Waals surface area contributed by atoms with Crippen molar-refractivity contribution in [3.63, 3.8) is 0 Å². The van der Waals surface area contributed by atoms with Crippen LogP contribution in [0.5, 0.6) is 0 Å². The van der Waals surface area contributed by atoms with Crippen LogP contribution in [-0.2, 0) is 4.74 Å². The summed E-state index contributed by atoms with van der Waals surface area (Å²) in [6, 6.07) is 5.58. The Morgan fingerprint density at radius 2 is 0.772 bits per heavy atom. The summed E-state index contributed by atoms with van der Waals surface area (Å²) in [5.74, 6) is 12.3. The summed E-state index contributed by atoms with van der Waals surface area (Å²) in [5.41, 5.74) is 0. The van der Waals surface area contributed by atoms with Crippen molar-refractivity contribution in [2.24, 2.45) is 71.0 Å². The highest BCUT2D eigenvalue weighted by Gasteiger charge is 2.59. The molecule has 3 heterocycles. The molecule has 0 N–H and O–H groups in total. The van der Waals surface area contributed by atoms with Crippen molar-refractivity contribution in [2.75, 3.05) is 0 Å². The largest absolute Gasteiger partial charge is 0.374 e. The number of fused-ring (bicyclic) bond motifs is 9. The van der Waals surface area contributed by atoms with Gasteiger partial charge in [0, 0.05) is 36.3 Å². The van der Waals surface area contributed by atoms with E-state index in [0.717, 1.165) is 107 Å². The summed E-state index contributed by atoms with van der Waals surface area (Å²) >= 11 is 0. The molecule has 320 valence electrons. The van der Waals surface area contributed by atoms with Crippen molar-refractivity contribution in [3.05, 3.63) is 0 Å². The van der Waals surface area contributed by atoms with Crippen LogP contribution in [0.4, 0.5) is 0 Å². The van der Waals surface area contributed by atoms with E-state index in [1.807, 2.05) is 0 Å². The first kappa shape index (κ1) is 38.5. The Hall–Kier alpha value is -0.120. The van der Waals surface area contributed by atoms with Gasteiger partial charge >= 0.3 is 0 Å². The molecule has 57 heavy (non-hydrogen) atoms. The lowest BCUT2D eigenvalue weighted by molar-refractivity contribution is -0.0224. The molecule has 0 aromatic carbocycles. The zero-order chi connectivity index (χ0) is 37.5. The van der Waals surface area contributed by atoms with Crippen LogP contribution >= 0.6 is 0 Å². The molecule has 0 aromatic rings. The maximum Gasteiger partial charge on any atom is 0.0612 e. The Bertz CT molecular complexity index is 1330. The Labute approximate surface area is 351 Å². The molecule has 9 aliphatic carbocycles. The lowest BCUT2D eigenvalue weighted by Crippen LogP contribution is -2.52. The van der Waals surface area contributed by atoms with Gasteiger partial charge < -0.3 is 4.74 Å². The molecule has 0 aromatic heterocycles. The second-order valence-electron chi connectivity index (χ2n) is 24.5. The average Bonchev–Trinajstić information content (AvgIpc) is 3.94.